The van der Waals surface area contributed by atoms with E-state index in [-0.39, 0.29) is 5.97 Å². The second kappa shape index (κ2) is 5.89. The Bertz CT molecular complexity index is 368. The Morgan fingerprint density at radius 2 is 2.19 bits per heavy atom. The van der Waals surface area contributed by atoms with Gasteiger partial charge in [-0.1, -0.05) is 0 Å². The van der Waals surface area contributed by atoms with Crippen molar-refractivity contribution in [3.63, 3.8) is 0 Å². The molecule has 0 aromatic carbocycles. The SMILES string of the molecule is COC(=O)CCNc1ncnc(OC)c1C. The number of ether oxygens (including phenoxy) is 2. The largest absolute Gasteiger partial charge is 0.481 e. The molecule has 16 heavy (non-hydrogen) atoms. The van der Waals surface area contributed by atoms with Gasteiger partial charge < -0.3 is 14.8 Å². The third-order valence-corrected chi connectivity index (χ3v) is 2.08. The minimum atomic E-state index is -0.258. The molecular formula is C10H15N3O3. The van der Waals surface area contributed by atoms with Crippen molar-refractivity contribution in [3.8, 4) is 5.88 Å². The molecule has 0 aliphatic carbocycles. The van der Waals surface area contributed by atoms with Crippen LogP contribution in [0.1, 0.15) is 12.0 Å². The molecule has 0 spiro atoms. The van der Waals surface area contributed by atoms with Gasteiger partial charge in [-0.2, -0.15) is 0 Å². The Morgan fingerprint density at radius 3 is 2.81 bits per heavy atom. The average molecular weight is 225 g/mol. The summed E-state index contributed by atoms with van der Waals surface area (Å²) in [5.74, 6) is 0.928. The van der Waals surface area contributed by atoms with Crippen molar-refractivity contribution in [2.75, 3.05) is 26.1 Å². The highest BCUT2D eigenvalue weighted by atomic mass is 16.5. The number of carbonyl (C=O) groups is 1. The van der Waals surface area contributed by atoms with Crippen LogP contribution in [0.15, 0.2) is 6.33 Å². The first-order valence-electron chi connectivity index (χ1n) is 4.85. The Labute approximate surface area is 94.0 Å². The first kappa shape index (κ1) is 12.2. The van der Waals surface area contributed by atoms with E-state index in [9.17, 15) is 4.79 Å². The lowest BCUT2D eigenvalue weighted by Crippen LogP contribution is -2.11. The average Bonchev–Trinajstić information content (AvgIpc) is 2.31. The van der Waals surface area contributed by atoms with Gasteiger partial charge >= 0.3 is 5.97 Å². The van der Waals surface area contributed by atoms with Gasteiger partial charge in [0.2, 0.25) is 5.88 Å². The van der Waals surface area contributed by atoms with E-state index >= 15 is 0 Å². The predicted octanol–water partition coefficient (Wildman–Crippen LogP) is 0.769. The van der Waals surface area contributed by atoms with Crippen LogP contribution >= 0.6 is 0 Å². The predicted molar refractivity (Wildman–Crippen MR) is 58.4 cm³/mol. The summed E-state index contributed by atoms with van der Waals surface area (Å²) in [4.78, 5) is 18.9. The fraction of sp³-hybridized carbons (Fsp3) is 0.500. The lowest BCUT2D eigenvalue weighted by Gasteiger charge is -2.09. The van der Waals surface area contributed by atoms with Crippen LogP contribution in [-0.4, -0.2) is 36.7 Å². The van der Waals surface area contributed by atoms with Crippen LogP contribution in [0.5, 0.6) is 5.88 Å². The van der Waals surface area contributed by atoms with E-state index < -0.39 is 0 Å². The molecule has 0 amide bonds. The third kappa shape index (κ3) is 3.08. The Balaban J connectivity index is 2.57. The molecule has 6 nitrogen and oxygen atoms in total. The van der Waals surface area contributed by atoms with E-state index in [0.29, 0.717) is 24.7 Å². The number of hydrogen-bond acceptors (Lipinski definition) is 6. The molecule has 0 aliphatic rings. The van der Waals surface area contributed by atoms with Gasteiger partial charge in [0.05, 0.1) is 26.2 Å². The van der Waals surface area contributed by atoms with E-state index in [1.54, 1.807) is 7.11 Å². The zero-order valence-electron chi connectivity index (χ0n) is 9.61. The number of nitrogens with one attached hydrogen (secondary N) is 1. The molecule has 0 fully saturated rings. The van der Waals surface area contributed by atoms with Gasteiger partial charge in [0.1, 0.15) is 12.1 Å². The van der Waals surface area contributed by atoms with E-state index in [2.05, 4.69) is 20.0 Å². The molecule has 1 aromatic heterocycles. The molecule has 0 unspecified atom stereocenters. The number of hydrogen-bond donors (Lipinski definition) is 1. The summed E-state index contributed by atoms with van der Waals surface area (Å²) in [5, 5.41) is 3.02. The molecule has 1 heterocycles. The monoisotopic (exact) mass is 225 g/mol. The van der Waals surface area contributed by atoms with Crippen LogP contribution in [0.2, 0.25) is 0 Å². The van der Waals surface area contributed by atoms with Gasteiger partial charge in [0, 0.05) is 6.54 Å². The van der Waals surface area contributed by atoms with Crippen molar-refractivity contribution in [3.05, 3.63) is 11.9 Å². The number of methoxy groups -OCH3 is 2. The van der Waals surface area contributed by atoms with Gasteiger partial charge in [-0.3, -0.25) is 4.79 Å². The molecule has 1 aromatic rings. The number of carbonyl (C=O) groups excluding carboxylic acids is 1. The third-order valence-electron chi connectivity index (χ3n) is 2.08. The van der Waals surface area contributed by atoms with E-state index in [0.717, 1.165) is 5.56 Å². The number of rotatable bonds is 5. The number of aromatic nitrogens is 2. The van der Waals surface area contributed by atoms with Crippen molar-refractivity contribution in [2.24, 2.45) is 0 Å². The highest BCUT2D eigenvalue weighted by Crippen LogP contribution is 2.19. The summed E-state index contributed by atoms with van der Waals surface area (Å²) in [7, 11) is 2.91. The molecule has 0 saturated heterocycles. The standard InChI is InChI=1S/C10H15N3O3/c1-7-9(11-5-4-8(14)15-2)12-6-13-10(7)16-3/h6H,4-5H2,1-3H3,(H,11,12,13). The number of nitrogens with zero attached hydrogens (tertiary/aromatic N) is 2. The van der Waals surface area contributed by atoms with Crippen molar-refractivity contribution in [1.29, 1.82) is 0 Å². The summed E-state index contributed by atoms with van der Waals surface area (Å²) >= 11 is 0. The summed E-state index contributed by atoms with van der Waals surface area (Å²) < 4.78 is 9.58. The van der Waals surface area contributed by atoms with Gasteiger partial charge in [-0.05, 0) is 6.92 Å². The molecule has 0 aliphatic heterocycles. The fourth-order valence-corrected chi connectivity index (χ4v) is 1.20. The molecule has 88 valence electrons. The fourth-order valence-electron chi connectivity index (χ4n) is 1.20. The van der Waals surface area contributed by atoms with Crippen molar-refractivity contribution >= 4 is 11.8 Å². The quantitative estimate of drug-likeness (QED) is 0.746. The smallest absolute Gasteiger partial charge is 0.307 e. The first-order valence-corrected chi connectivity index (χ1v) is 4.85. The normalized spacial score (nSPS) is 9.69. The van der Waals surface area contributed by atoms with Gasteiger partial charge in [0.15, 0.2) is 0 Å². The van der Waals surface area contributed by atoms with Crippen molar-refractivity contribution < 1.29 is 14.3 Å². The number of anilines is 1. The van der Waals surface area contributed by atoms with Crippen LogP contribution in [0.4, 0.5) is 5.82 Å². The molecule has 0 bridgehead atoms. The Hall–Kier alpha value is -1.85. The molecule has 0 atom stereocenters. The second-order valence-electron chi connectivity index (χ2n) is 3.11. The lowest BCUT2D eigenvalue weighted by atomic mass is 10.3. The topological polar surface area (TPSA) is 73.3 Å². The van der Waals surface area contributed by atoms with Crippen LogP contribution in [-0.2, 0) is 9.53 Å². The van der Waals surface area contributed by atoms with Crippen LogP contribution in [0, 0.1) is 6.92 Å². The Morgan fingerprint density at radius 1 is 1.44 bits per heavy atom. The maximum Gasteiger partial charge on any atom is 0.307 e. The summed E-state index contributed by atoms with van der Waals surface area (Å²) in [6.07, 6.45) is 1.70. The van der Waals surface area contributed by atoms with E-state index in [4.69, 9.17) is 4.74 Å². The van der Waals surface area contributed by atoms with E-state index in [1.165, 1.54) is 13.4 Å². The van der Waals surface area contributed by atoms with Crippen LogP contribution in [0.25, 0.3) is 0 Å². The molecule has 0 radical (unpaired) electrons. The van der Waals surface area contributed by atoms with E-state index in [1.807, 2.05) is 6.92 Å². The maximum absolute atomic E-state index is 10.9. The summed E-state index contributed by atoms with van der Waals surface area (Å²) in [5.41, 5.74) is 0.815. The van der Waals surface area contributed by atoms with Gasteiger partial charge in [-0.15, -0.1) is 0 Å². The zero-order chi connectivity index (χ0) is 12.0. The van der Waals surface area contributed by atoms with Crippen molar-refractivity contribution in [2.45, 2.75) is 13.3 Å². The second-order valence-corrected chi connectivity index (χ2v) is 3.11. The van der Waals surface area contributed by atoms with Crippen molar-refractivity contribution in [1.82, 2.24) is 9.97 Å². The molecule has 6 heteroatoms. The first-order chi connectivity index (χ1) is 7.69. The molecular weight excluding hydrogens is 210 g/mol. The minimum Gasteiger partial charge on any atom is -0.481 e. The van der Waals surface area contributed by atoms with Crippen LogP contribution < -0.4 is 10.1 Å². The molecule has 0 saturated carbocycles. The highest BCUT2D eigenvalue weighted by molar-refractivity contribution is 5.69. The Kier molecular flexibility index (Phi) is 4.50. The number of esters is 1. The zero-order valence-corrected chi connectivity index (χ0v) is 9.61. The highest BCUT2D eigenvalue weighted by Gasteiger charge is 2.07. The molecule has 1 rings (SSSR count). The maximum atomic E-state index is 10.9. The molecule has 1 N–H and O–H groups in total. The minimum absolute atomic E-state index is 0.258. The van der Waals surface area contributed by atoms with Gasteiger partial charge in [-0.25, -0.2) is 9.97 Å². The summed E-state index contributed by atoms with van der Waals surface area (Å²) in [6.45, 7) is 2.31. The van der Waals surface area contributed by atoms with Gasteiger partial charge in [0.25, 0.3) is 0 Å². The summed E-state index contributed by atoms with van der Waals surface area (Å²) in [6, 6.07) is 0. The van der Waals surface area contributed by atoms with Crippen LogP contribution in [0.3, 0.4) is 0 Å². The lowest BCUT2D eigenvalue weighted by molar-refractivity contribution is -0.140.